The Kier molecular flexibility index (Phi) is 4.56. The van der Waals surface area contributed by atoms with E-state index in [0.717, 1.165) is 17.5 Å². The second-order valence-electron chi connectivity index (χ2n) is 6.35. The lowest BCUT2D eigenvalue weighted by atomic mass is 9.99. The molecule has 0 saturated carbocycles. The molecule has 1 atom stereocenters. The van der Waals surface area contributed by atoms with Crippen molar-refractivity contribution in [3.8, 4) is 0 Å². The van der Waals surface area contributed by atoms with Gasteiger partial charge in [0, 0.05) is 6.54 Å². The van der Waals surface area contributed by atoms with E-state index in [2.05, 4.69) is 13.8 Å². The molecular weight excluding hydrogens is 338 g/mol. The molecule has 5 nitrogen and oxygen atoms in total. The predicted molar refractivity (Wildman–Crippen MR) is 96.8 cm³/mol. The normalized spacial score (nSPS) is 15.0. The quantitative estimate of drug-likeness (QED) is 0.884. The summed E-state index contributed by atoms with van der Waals surface area (Å²) in [5.41, 5.74) is 2.61. The first kappa shape index (κ1) is 17.5. The summed E-state index contributed by atoms with van der Waals surface area (Å²) in [4.78, 5) is 11.3. The minimum absolute atomic E-state index is 0.177. The number of sulfonamides is 1. The molecule has 0 radical (unpaired) electrons. The topological polar surface area (TPSA) is 74.7 Å². The number of carbonyl (C=O) groups is 1. The predicted octanol–water partition coefficient (Wildman–Crippen LogP) is 3.65. The van der Waals surface area contributed by atoms with E-state index in [1.807, 2.05) is 12.1 Å². The average Bonchev–Trinajstić information content (AvgIpc) is 3.05. The van der Waals surface area contributed by atoms with Crippen molar-refractivity contribution < 1.29 is 18.3 Å². The number of benzene rings is 2. The van der Waals surface area contributed by atoms with Gasteiger partial charge in [0.05, 0.1) is 16.1 Å². The molecule has 25 heavy (non-hydrogen) atoms. The zero-order valence-corrected chi connectivity index (χ0v) is 15.1. The number of nitrogens with zero attached hydrogens (tertiary/aromatic N) is 1. The number of hydrogen-bond donors (Lipinski definition) is 1. The van der Waals surface area contributed by atoms with Gasteiger partial charge in [-0.05, 0) is 60.2 Å². The standard InChI is InChI=1S/C19H21NO4S/c1-3-13(2)14-4-7-17(8-5-14)25(23,24)20-11-10-15-12-16(19(21)22)6-9-18(15)20/h4-9,12-13H,3,10-11H2,1-2H3,(H,21,22)/t13-/m0/s1. The van der Waals surface area contributed by atoms with Gasteiger partial charge in [-0.25, -0.2) is 13.2 Å². The fourth-order valence-electron chi connectivity index (χ4n) is 3.09. The molecule has 0 bridgehead atoms. The van der Waals surface area contributed by atoms with Crippen LogP contribution in [-0.4, -0.2) is 26.0 Å². The third-order valence-corrected chi connectivity index (χ3v) is 6.66. The summed E-state index contributed by atoms with van der Waals surface area (Å²) < 4.78 is 27.3. The van der Waals surface area contributed by atoms with E-state index in [4.69, 9.17) is 5.11 Å². The fourth-order valence-corrected chi connectivity index (χ4v) is 4.59. The van der Waals surface area contributed by atoms with Crippen molar-refractivity contribution in [2.24, 2.45) is 0 Å². The van der Waals surface area contributed by atoms with Gasteiger partial charge in [-0.1, -0.05) is 26.0 Å². The van der Waals surface area contributed by atoms with Gasteiger partial charge in [0.2, 0.25) is 0 Å². The monoisotopic (exact) mass is 359 g/mol. The van der Waals surface area contributed by atoms with Crippen LogP contribution >= 0.6 is 0 Å². The summed E-state index contributed by atoms with van der Waals surface area (Å²) in [7, 11) is -3.65. The van der Waals surface area contributed by atoms with Gasteiger partial charge in [0.1, 0.15) is 0 Å². The van der Waals surface area contributed by atoms with Crippen LogP contribution in [-0.2, 0) is 16.4 Å². The number of carboxylic acids is 1. The summed E-state index contributed by atoms with van der Waals surface area (Å²) in [5, 5.41) is 9.08. The first-order chi connectivity index (χ1) is 11.8. The van der Waals surface area contributed by atoms with Crippen molar-refractivity contribution in [1.29, 1.82) is 0 Å². The van der Waals surface area contributed by atoms with Gasteiger partial charge in [-0.15, -0.1) is 0 Å². The molecule has 1 aliphatic rings. The summed E-state index contributed by atoms with van der Waals surface area (Å²) in [6, 6.07) is 11.6. The zero-order valence-electron chi connectivity index (χ0n) is 14.3. The second kappa shape index (κ2) is 6.52. The number of hydrogen-bond acceptors (Lipinski definition) is 3. The van der Waals surface area contributed by atoms with Gasteiger partial charge in [-0.3, -0.25) is 4.31 Å². The molecule has 0 aliphatic carbocycles. The minimum atomic E-state index is -3.65. The van der Waals surface area contributed by atoms with Crippen LogP contribution in [0, 0.1) is 0 Å². The van der Waals surface area contributed by atoms with E-state index in [1.54, 1.807) is 24.3 Å². The highest BCUT2D eigenvalue weighted by atomic mass is 32.2. The molecule has 6 heteroatoms. The molecule has 0 aromatic heterocycles. The van der Waals surface area contributed by atoms with Crippen molar-refractivity contribution in [3.63, 3.8) is 0 Å². The third-order valence-electron chi connectivity index (χ3n) is 4.83. The van der Waals surface area contributed by atoms with Crippen LogP contribution in [0.3, 0.4) is 0 Å². The average molecular weight is 359 g/mol. The highest BCUT2D eigenvalue weighted by Gasteiger charge is 2.31. The van der Waals surface area contributed by atoms with Crippen LogP contribution < -0.4 is 4.31 Å². The van der Waals surface area contributed by atoms with Crippen molar-refractivity contribution in [2.75, 3.05) is 10.8 Å². The molecule has 0 saturated heterocycles. The lowest BCUT2D eigenvalue weighted by molar-refractivity contribution is 0.0697. The second-order valence-corrected chi connectivity index (χ2v) is 8.22. The largest absolute Gasteiger partial charge is 0.478 e. The minimum Gasteiger partial charge on any atom is -0.478 e. The van der Waals surface area contributed by atoms with E-state index < -0.39 is 16.0 Å². The molecule has 3 rings (SSSR count). The van der Waals surface area contributed by atoms with E-state index in [-0.39, 0.29) is 10.5 Å². The maximum absolute atomic E-state index is 13.0. The van der Waals surface area contributed by atoms with E-state index in [0.29, 0.717) is 24.6 Å². The number of carboxylic acid groups (broad SMARTS) is 1. The molecule has 1 heterocycles. The summed E-state index contributed by atoms with van der Waals surface area (Å²) in [6.45, 7) is 4.54. The molecule has 1 aliphatic heterocycles. The molecule has 2 aromatic carbocycles. The molecule has 0 amide bonds. The van der Waals surface area contributed by atoms with E-state index >= 15 is 0 Å². The van der Waals surface area contributed by atoms with Crippen LogP contribution in [0.2, 0.25) is 0 Å². The Balaban J connectivity index is 1.94. The van der Waals surface area contributed by atoms with Gasteiger partial charge in [0.25, 0.3) is 10.0 Å². The van der Waals surface area contributed by atoms with Crippen molar-refractivity contribution >= 4 is 21.7 Å². The van der Waals surface area contributed by atoms with Crippen LogP contribution in [0.5, 0.6) is 0 Å². The van der Waals surface area contributed by atoms with Crippen LogP contribution in [0.1, 0.15) is 47.7 Å². The van der Waals surface area contributed by atoms with Crippen molar-refractivity contribution in [1.82, 2.24) is 0 Å². The Morgan fingerprint density at radius 3 is 2.48 bits per heavy atom. The number of aromatic carboxylic acids is 1. The number of rotatable bonds is 5. The first-order valence-electron chi connectivity index (χ1n) is 8.33. The third kappa shape index (κ3) is 3.14. The Hall–Kier alpha value is -2.34. The SMILES string of the molecule is CC[C@H](C)c1ccc(S(=O)(=O)N2CCc3cc(C(=O)O)ccc32)cc1. The van der Waals surface area contributed by atoms with Crippen LogP contribution in [0.25, 0.3) is 0 Å². The van der Waals surface area contributed by atoms with Crippen molar-refractivity contribution in [3.05, 3.63) is 59.2 Å². The Morgan fingerprint density at radius 1 is 1.20 bits per heavy atom. The van der Waals surface area contributed by atoms with Gasteiger partial charge < -0.3 is 5.11 Å². The molecule has 0 unspecified atom stereocenters. The highest BCUT2D eigenvalue weighted by molar-refractivity contribution is 7.92. The molecule has 132 valence electrons. The Labute approximate surface area is 148 Å². The number of fused-ring (bicyclic) bond motifs is 1. The smallest absolute Gasteiger partial charge is 0.335 e. The van der Waals surface area contributed by atoms with Gasteiger partial charge >= 0.3 is 5.97 Å². The zero-order chi connectivity index (χ0) is 18.2. The maximum Gasteiger partial charge on any atom is 0.335 e. The molecule has 2 aromatic rings. The van der Waals surface area contributed by atoms with Gasteiger partial charge in [0.15, 0.2) is 0 Å². The maximum atomic E-state index is 13.0. The van der Waals surface area contributed by atoms with Crippen molar-refractivity contribution in [2.45, 2.75) is 37.5 Å². The lowest BCUT2D eigenvalue weighted by Crippen LogP contribution is -2.29. The number of anilines is 1. The van der Waals surface area contributed by atoms with E-state index in [9.17, 15) is 13.2 Å². The Morgan fingerprint density at radius 2 is 1.88 bits per heavy atom. The molecule has 1 N–H and O–H groups in total. The summed E-state index contributed by atoms with van der Waals surface area (Å²) >= 11 is 0. The lowest BCUT2D eigenvalue weighted by Gasteiger charge is -2.20. The van der Waals surface area contributed by atoms with Crippen LogP contribution in [0.4, 0.5) is 5.69 Å². The van der Waals surface area contributed by atoms with Crippen LogP contribution in [0.15, 0.2) is 47.4 Å². The van der Waals surface area contributed by atoms with E-state index in [1.165, 1.54) is 10.4 Å². The van der Waals surface area contributed by atoms with Gasteiger partial charge in [-0.2, -0.15) is 0 Å². The summed E-state index contributed by atoms with van der Waals surface area (Å²) in [5.74, 6) is -0.622. The summed E-state index contributed by atoms with van der Waals surface area (Å²) in [6.07, 6.45) is 1.51. The fraction of sp³-hybridized carbons (Fsp3) is 0.316. The molecular formula is C19H21NO4S. The first-order valence-corrected chi connectivity index (χ1v) is 9.77. The Bertz CT molecular complexity index is 904. The molecule has 0 spiro atoms. The highest BCUT2D eigenvalue weighted by Crippen LogP contribution is 2.34. The molecule has 0 fully saturated rings.